The lowest BCUT2D eigenvalue weighted by atomic mass is 9.74. The molecule has 2 nitrogen and oxygen atoms in total. The average Bonchev–Trinajstić information content (AvgIpc) is 2.70. The number of aliphatic hydroxyl groups is 1. The number of fused-ring (bicyclic) bond motifs is 2. The lowest BCUT2D eigenvalue weighted by Crippen LogP contribution is -2.45. The predicted octanol–water partition coefficient (Wildman–Crippen LogP) is 3.03. The fourth-order valence-electron chi connectivity index (χ4n) is 4.38. The van der Waals surface area contributed by atoms with Gasteiger partial charge in [-0.25, -0.2) is 0 Å². The monoisotopic (exact) mass is 259 g/mol. The molecule has 104 valence electrons. The Balaban J connectivity index is 1.84. The number of aliphatic hydroxyl groups excluding tert-OH is 1. The van der Waals surface area contributed by atoms with Gasteiger partial charge in [-0.15, -0.1) is 0 Å². The van der Waals surface area contributed by atoms with Crippen LogP contribution in [-0.4, -0.2) is 35.7 Å². The SMILES string of the molecule is CN1C2CC[C@@H]1C[C@H](c1ccccc1)C2CCCO. The minimum absolute atomic E-state index is 0.331. The minimum Gasteiger partial charge on any atom is -0.396 e. The van der Waals surface area contributed by atoms with Crippen LogP contribution in [0.3, 0.4) is 0 Å². The van der Waals surface area contributed by atoms with Gasteiger partial charge in [0.1, 0.15) is 0 Å². The topological polar surface area (TPSA) is 23.5 Å². The molecular formula is C17H25NO. The van der Waals surface area contributed by atoms with Crippen molar-refractivity contribution in [1.82, 2.24) is 4.90 Å². The molecule has 3 rings (SSSR count). The fraction of sp³-hybridized carbons (Fsp3) is 0.647. The summed E-state index contributed by atoms with van der Waals surface area (Å²) in [7, 11) is 2.30. The summed E-state index contributed by atoms with van der Waals surface area (Å²) >= 11 is 0. The summed E-state index contributed by atoms with van der Waals surface area (Å²) in [6.07, 6.45) is 6.12. The van der Waals surface area contributed by atoms with E-state index >= 15 is 0 Å². The third-order valence-corrected chi connectivity index (χ3v) is 5.36. The molecule has 19 heavy (non-hydrogen) atoms. The van der Waals surface area contributed by atoms with Crippen LogP contribution in [0.4, 0.5) is 0 Å². The molecule has 2 aliphatic heterocycles. The summed E-state index contributed by atoms with van der Waals surface area (Å²) < 4.78 is 0. The van der Waals surface area contributed by atoms with Crippen LogP contribution in [0.2, 0.25) is 0 Å². The molecule has 0 radical (unpaired) electrons. The van der Waals surface area contributed by atoms with Crippen LogP contribution in [0, 0.1) is 5.92 Å². The van der Waals surface area contributed by atoms with Gasteiger partial charge in [0.25, 0.3) is 0 Å². The average molecular weight is 259 g/mol. The van der Waals surface area contributed by atoms with Gasteiger partial charge in [-0.05, 0) is 56.6 Å². The quantitative estimate of drug-likeness (QED) is 0.898. The maximum atomic E-state index is 9.18. The molecule has 4 atom stereocenters. The zero-order valence-electron chi connectivity index (χ0n) is 11.8. The molecule has 2 heteroatoms. The second-order valence-corrected chi connectivity index (χ2v) is 6.25. The molecule has 2 fully saturated rings. The van der Waals surface area contributed by atoms with Crippen LogP contribution in [0.25, 0.3) is 0 Å². The second-order valence-electron chi connectivity index (χ2n) is 6.25. The normalized spacial score (nSPS) is 34.6. The number of hydrogen-bond acceptors (Lipinski definition) is 2. The Kier molecular flexibility index (Phi) is 3.90. The molecule has 0 saturated carbocycles. The highest BCUT2D eigenvalue weighted by atomic mass is 16.2. The first kappa shape index (κ1) is 13.1. The Morgan fingerprint density at radius 2 is 2.00 bits per heavy atom. The molecule has 2 bridgehead atoms. The third kappa shape index (κ3) is 2.44. The fourth-order valence-corrected chi connectivity index (χ4v) is 4.38. The first-order valence-electron chi connectivity index (χ1n) is 7.69. The van der Waals surface area contributed by atoms with Crippen molar-refractivity contribution in [2.24, 2.45) is 5.92 Å². The number of benzene rings is 1. The molecule has 1 aromatic carbocycles. The van der Waals surface area contributed by atoms with Crippen molar-refractivity contribution >= 4 is 0 Å². The number of nitrogens with zero attached hydrogens (tertiary/aromatic N) is 1. The Hall–Kier alpha value is -0.860. The summed E-state index contributed by atoms with van der Waals surface area (Å²) in [6, 6.07) is 12.5. The van der Waals surface area contributed by atoms with E-state index in [9.17, 15) is 5.11 Å². The molecule has 2 aliphatic rings. The van der Waals surface area contributed by atoms with Crippen LogP contribution < -0.4 is 0 Å². The van der Waals surface area contributed by atoms with Gasteiger partial charge in [0.15, 0.2) is 0 Å². The predicted molar refractivity (Wildman–Crippen MR) is 78.2 cm³/mol. The Bertz CT molecular complexity index is 405. The molecule has 2 unspecified atom stereocenters. The highest BCUT2D eigenvalue weighted by Gasteiger charge is 2.45. The van der Waals surface area contributed by atoms with E-state index in [1.165, 1.54) is 24.8 Å². The largest absolute Gasteiger partial charge is 0.396 e. The molecule has 2 saturated heterocycles. The first-order valence-corrected chi connectivity index (χ1v) is 7.69. The lowest BCUT2D eigenvalue weighted by molar-refractivity contribution is 0.0894. The third-order valence-electron chi connectivity index (χ3n) is 5.36. The van der Waals surface area contributed by atoms with Gasteiger partial charge in [0.2, 0.25) is 0 Å². The van der Waals surface area contributed by atoms with E-state index in [0.29, 0.717) is 12.5 Å². The molecule has 0 spiro atoms. The van der Waals surface area contributed by atoms with E-state index in [-0.39, 0.29) is 0 Å². The first-order chi connectivity index (χ1) is 9.31. The van der Waals surface area contributed by atoms with E-state index in [4.69, 9.17) is 0 Å². The van der Waals surface area contributed by atoms with Gasteiger partial charge in [-0.3, -0.25) is 0 Å². The second kappa shape index (κ2) is 5.64. The van der Waals surface area contributed by atoms with E-state index < -0.39 is 0 Å². The maximum absolute atomic E-state index is 9.18. The van der Waals surface area contributed by atoms with Crippen molar-refractivity contribution in [2.45, 2.75) is 50.1 Å². The van der Waals surface area contributed by atoms with Gasteiger partial charge in [-0.2, -0.15) is 0 Å². The van der Waals surface area contributed by atoms with Crippen molar-refractivity contribution < 1.29 is 5.11 Å². The smallest absolute Gasteiger partial charge is 0.0431 e. The van der Waals surface area contributed by atoms with Gasteiger partial charge in [0.05, 0.1) is 0 Å². The Morgan fingerprint density at radius 3 is 2.74 bits per heavy atom. The van der Waals surface area contributed by atoms with Gasteiger partial charge >= 0.3 is 0 Å². The molecule has 0 amide bonds. The summed E-state index contributed by atoms with van der Waals surface area (Å²) in [5, 5.41) is 9.18. The summed E-state index contributed by atoms with van der Waals surface area (Å²) in [6.45, 7) is 0.331. The maximum Gasteiger partial charge on any atom is 0.0431 e. The van der Waals surface area contributed by atoms with Gasteiger partial charge in [-0.1, -0.05) is 30.3 Å². The lowest BCUT2D eigenvalue weighted by Gasteiger charge is -2.43. The zero-order chi connectivity index (χ0) is 13.2. The standard InChI is InChI=1S/C17H25NO/c1-18-14-9-10-17(18)15(8-5-11-19)16(12-14)13-6-3-2-4-7-13/h2-4,6-7,14-17,19H,5,8-12H2,1H3/t14-,15?,16-,17?/m1/s1. The van der Waals surface area contributed by atoms with Crippen molar-refractivity contribution in [2.75, 3.05) is 13.7 Å². The summed E-state index contributed by atoms with van der Waals surface area (Å²) in [5.74, 6) is 1.42. The molecule has 1 aromatic rings. The van der Waals surface area contributed by atoms with E-state index in [1.807, 2.05) is 0 Å². The van der Waals surface area contributed by atoms with Crippen LogP contribution in [-0.2, 0) is 0 Å². The van der Waals surface area contributed by atoms with Crippen molar-refractivity contribution in [3.05, 3.63) is 35.9 Å². The summed E-state index contributed by atoms with van der Waals surface area (Å²) in [4.78, 5) is 2.61. The number of rotatable bonds is 4. The van der Waals surface area contributed by atoms with E-state index in [2.05, 4.69) is 42.3 Å². The van der Waals surface area contributed by atoms with Crippen molar-refractivity contribution in [1.29, 1.82) is 0 Å². The summed E-state index contributed by atoms with van der Waals surface area (Å²) in [5.41, 5.74) is 1.51. The number of hydrogen-bond donors (Lipinski definition) is 1. The highest BCUT2D eigenvalue weighted by molar-refractivity contribution is 5.23. The van der Waals surface area contributed by atoms with Crippen molar-refractivity contribution in [3.63, 3.8) is 0 Å². The molecular weight excluding hydrogens is 234 g/mol. The van der Waals surface area contributed by atoms with Gasteiger partial charge in [0, 0.05) is 18.7 Å². The zero-order valence-corrected chi connectivity index (χ0v) is 11.8. The Morgan fingerprint density at radius 1 is 1.21 bits per heavy atom. The minimum atomic E-state index is 0.331. The van der Waals surface area contributed by atoms with Crippen LogP contribution in [0.15, 0.2) is 30.3 Å². The van der Waals surface area contributed by atoms with Crippen LogP contribution in [0.5, 0.6) is 0 Å². The van der Waals surface area contributed by atoms with Gasteiger partial charge < -0.3 is 10.0 Å². The molecule has 1 N–H and O–H groups in total. The highest BCUT2D eigenvalue weighted by Crippen LogP contribution is 2.47. The van der Waals surface area contributed by atoms with Crippen LogP contribution in [0.1, 0.15) is 43.6 Å². The van der Waals surface area contributed by atoms with Crippen molar-refractivity contribution in [3.8, 4) is 0 Å². The number of piperidine rings is 1. The van der Waals surface area contributed by atoms with E-state index in [0.717, 1.165) is 30.8 Å². The van der Waals surface area contributed by atoms with Crippen LogP contribution >= 0.6 is 0 Å². The van der Waals surface area contributed by atoms with E-state index in [1.54, 1.807) is 0 Å². The molecule has 0 aliphatic carbocycles. The Labute approximate surface area is 116 Å². The molecule has 0 aromatic heterocycles. The molecule has 2 heterocycles.